The summed E-state index contributed by atoms with van der Waals surface area (Å²) in [6.45, 7) is 16.7. The van der Waals surface area contributed by atoms with E-state index in [0.717, 1.165) is 30.3 Å². The molecule has 0 aromatic rings. The Morgan fingerprint density at radius 1 is 1.05 bits per heavy atom. The molecule has 0 radical (unpaired) electrons. The molecule has 1 aliphatic rings. The van der Waals surface area contributed by atoms with Crippen LogP contribution in [0, 0.1) is 17.8 Å². The SMILES string of the molecule is CCCN(CCC)CC1CC(C(C)C)CCC1NCC. The molecule has 0 aromatic carbocycles. The van der Waals surface area contributed by atoms with Crippen molar-refractivity contribution in [2.75, 3.05) is 26.2 Å². The molecule has 0 spiro atoms. The molecule has 3 unspecified atom stereocenters. The van der Waals surface area contributed by atoms with E-state index in [1.807, 2.05) is 0 Å². The van der Waals surface area contributed by atoms with Crippen molar-refractivity contribution in [3.63, 3.8) is 0 Å². The first-order chi connectivity index (χ1) is 9.62. The van der Waals surface area contributed by atoms with E-state index in [2.05, 4.69) is 44.8 Å². The summed E-state index contributed by atoms with van der Waals surface area (Å²) in [4.78, 5) is 2.71. The minimum atomic E-state index is 0.756. The second-order valence-corrected chi connectivity index (χ2v) is 7.04. The van der Waals surface area contributed by atoms with Crippen LogP contribution < -0.4 is 5.32 Å². The lowest BCUT2D eigenvalue weighted by Gasteiger charge is -2.40. The van der Waals surface area contributed by atoms with Crippen LogP contribution in [-0.4, -0.2) is 37.1 Å². The summed E-state index contributed by atoms with van der Waals surface area (Å²) in [7, 11) is 0. The van der Waals surface area contributed by atoms with E-state index >= 15 is 0 Å². The molecule has 0 amide bonds. The van der Waals surface area contributed by atoms with Crippen LogP contribution in [0.2, 0.25) is 0 Å². The summed E-state index contributed by atoms with van der Waals surface area (Å²) in [5.74, 6) is 2.65. The minimum absolute atomic E-state index is 0.756. The van der Waals surface area contributed by atoms with E-state index < -0.39 is 0 Å². The highest BCUT2D eigenvalue weighted by Gasteiger charge is 2.32. The second kappa shape index (κ2) is 9.78. The van der Waals surface area contributed by atoms with Crippen molar-refractivity contribution in [1.82, 2.24) is 10.2 Å². The molecule has 0 heterocycles. The fraction of sp³-hybridized carbons (Fsp3) is 1.00. The molecular formula is C18H38N2. The van der Waals surface area contributed by atoms with Crippen molar-refractivity contribution < 1.29 is 0 Å². The van der Waals surface area contributed by atoms with Gasteiger partial charge in [-0.05, 0) is 69.5 Å². The van der Waals surface area contributed by atoms with Gasteiger partial charge in [0.05, 0.1) is 0 Å². The lowest BCUT2D eigenvalue weighted by Crippen LogP contribution is -2.46. The highest BCUT2D eigenvalue weighted by molar-refractivity contribution is 4.87. The number of nitrogens with one attached hydrogen (secondary N) is 1. The summed E-state index contributed by atoms with van der Waals surface area (Å²) in [6, 6.07) is 0.756. The first kappa shape index (κ1) is 18.0. The summed E-state index contributed by atoms with van der Waals surface area (Å²) in [5, 5.41) is 3.76. The maximum atomic E-state index is 3.76. The van der Waals surface area contributed by atoms with Crippen molar-refractivity contribution in [3.05, 3.63) is 0 Å². The molecule has 120 valence electrons. The minimum Gasteiger partial charge on any atom is -0.314 e. The largest absolute Gasteiger partial charge is 0.314 e. The highest BCUT2D eigenvalue weighted by Crippen LogP contribution is 2.34. The van der Waals surface area contributed by atoms with Gasteiger partial charge in [-0.2, -0.15) is 0 Å². The predicted octanol–water partition coefficient (Wildman–Crippen LogP) is 4.16. The molecule has 2 heteroatoms. The zero-order valence-electron chi connectivity index (χ0n) is 14.6. The van der Waals surface area contributed by atoms with Gasteiger partial charge in [0.1, 0.15) is 0 Å². The maximum Gasteiger partial charge on any atom is 0.0108 e. The number of hydrogen-bond acceptors (Lipinski definition) is 2. The smallest absolute Gasteiger partial charge is 0.0108 e. The first-order valence-corrected chi connectivity index (χ1v) is 9.07. The van der Waals surface area contributed by atoms with Gasteiger partial charge < -0.3 is 10.2 Å². The second-order valence-electron chi connectivity index (χ2n) is 7.04. The van der Waals surface area contributed by atoms with Gasteiger partial charge in [0.15, 0.2) is 0 Å². The average molecular weight is 283 g/mol. The molecule has 0 aromatic heterocycles. The fourth-order valence-corrected chi connectivity index (χ4v) is 3.90. The summed E-state index contributed by atoms with van der Waals surface area (Å²) >= 11 is 0. The predicted molar refractivity (Wildman–Crippen MR) is 90.2 cm³/mol. The van der Waals surface area contributed by atoms with Gasteiger partial charge in [0, 0.05) is 12.6 Å². The zero-order valence-corrected chi connectivity index (χ0v) is 14.6. The van der Waals surface area contributed by atoms with Gasteiger partial charge in [0.25, 0.3) is 0 Å². The van der Waals surface area contributed by atoms with Gasteiger partial charge in [-0.1, -0.05) is 34.6 Å². The van der Waals surface area contributed by atoms with Crippen LogP contribution in [0.1, 0.15) is 66.7 Å². The molecule has 0 aliphatic heterocycles. The topological polar surface area (TPSA) is 15.3 Å². The number of hydrogen-bond donors (Lipinski definition) is 1. The molecule has 0 saturated heterocycles. The van der Waals surface area contributed by atoms with Crippen molar-refractivity contribution in [3.8, 4) is 0 Å². The van der Waals surface area contributed by atoms with E-state index in [0.29, 0.717) is 0 Å². The Balaban J connectivity index is 2.61. The lowest BCUT2D eigenvalue weighted by molar-refractivity contribution is 0.122. The van der Waals surface area contributed by atoms with Crippen molar-refractivity contribution >= 4 is 0 Å². The average Bonchev–Trinajstić information content (AvgIpc) is 2.41. The summed E-state index contributed by atoms with van der Waals surface area (Å²) in [6.07, 6.45) is 6.80. The lowest BCUT2D eigenvalue weighted by atomic mass is 9.73. The van der Waals surface area contributed by atoms with Crippen LogP contribution in [0.25, 0.3) is 0 Å². The molecule has 1 aliphatic carbocycles. The Morgan fingerprint density at radius 3 is 2.20 bits per heavy atom. The standard InChI is InChI=1S/C18H38N2/c1-6-11-20(12-7-2)14-17-13-16(15(4)5)9-10-18(17)19-8-3/h15-19H,6-14H2,1-5H3. The van der Waals surface area contributed by atoms with Gasteiger partial charge >= 0.3 is 0 Å². The Labute approximate surface area is 127 Å². The number of rotatable bonds is 9. The number of nitrogens with zero attached hydrogens (tertiary/aromatic N) is 1. The van der Waals surface area contributed by atoms with Crippen molar-refractivity contribution in [2.45, 2.75) is 72.8 Å². The molecule has 1 saturated carbocycles. The van der Waals surface area contributed by atoms with E-state index in [1.165, 1.54) is 51.7 Å². The van der Waals surface area contributed by atoms with E-state index in [4.69, 9.17) is 0 Å². The molecule has 1 fully saturated rings. The van der Waals surface area contributed by atoms with Crippen LogP contribution in [0.15, 0.2) is 0 Å². The Hall–Kier alpha value is -0.0800. The van der Waals surface area contributed by atoms with Gasteiger partial charge in [0.2, 0.25) is 0 Å². The third-order valence-electron chi connectivity index (χ3n) is 5.00. The van der Waals surface area contributed by atoms with Crippen LogP contribution in [0.5, 0.6) is 0 Å². The Bertz CT molecular complexity index is 234. The Morgan fingerprint density at radius 2 is 1.70 bits per heavy atom. The van der Waals surface area contributed by atoms with E-state index in [9.17, 15) is 0 Å². The third-order valence-corrected chi connectivity index (χ3v) is 5.00. The van der Waals surface area contributed by atoms with E-state index in [-0.39, 0.29) is 0 Å². The summed E-state index contributed by atoms with van der Waals surface area (Å²) in [5.41, 5.74) is 0. The van der Waals surface area contributed by atoms with Gasteiger partial charge in [-0.25, -0.2) is 0 Å². The molecule has 3 atom stereocenters. The van der Waals surface area contributed by atoms with Gasteiger partial charge in [-0.15, -0.1) is 0 Å². The zero-order chi connectivity index (χ0) is 15.0. The van der Waals surface area contributed by atoms with E-state index in [1.54, 1.807) is 0 Å². The van der Waals surface area contributed by atoms with Crippen LogP contribution in [0.4, 0.5) is 0 Å². The third kappa shape index (κ3) is 5.73. The molecule has 0 bridgehead atoms. The monoisotopic (exact) mass is 282 g/mol. The van der Waals surface area contributed by atoms with Crippen molar-refractivity contribution in [1.29, 1.82) is 0 Å². The Kier molecular flexibility index (Phi) is 8.79. The molecular weight excluding hydrogens is 244 g/mol. The maximum absolute atomic E-state index is 3.76. The van der Waals surface area contributed by atoms with Crippen LogP contribution in [-0.2, 0) is 0 Å². The van der Waals surface area contributed by atoms with Crippen LogP contribution in [0.3, 0.4) is 0 Å². The fourth-order valence-electron chi connectivity index (χ4n) is 3.90. The quantitative estimate of drug-likeness (QED) is 0.683. The van der Waals surface area contributed by atoms with Crippen LogP contribution >= 0.6 is 0 Å². The normalized spacial score (nSPS) is 27.4. The molecule has 1 rings (SSSR count). The molecule has 2 nitrogen and oxygen atoms in total. The molecule has 20 heavy (non-hydrogen) atoms. The highest BCUT2D eigenvalue weighted by atomic mass is 15.1. The first-order valence-electron chi connectivity index (χ1n) is 9.07. The van der Waals surface area contributed by atoms with Gasteiger partial charge in [-0.3, -0.25) is 0 Å². The molecule has 1 N–H and O–H groups in total. The summed E-state index contributed by atoms with van der Waals surface area (Å²) < 4.78 is 0. The van der Waals surface area contributed by atoms with Crippen molar-refractivity contribution in [2.24, 2.45) is 17.8 Å².